The molecule has 9 nitrogen and oxygen atoms in total. The third-order valence-electron chi connectivity index (χ3n) is 4.45. The largest absolute Gasteiger partial charge is 0.494 e. The number of hydrogen-bond acceptors (Lipinski definition) is 8. The van der Waals surface area contributed by atoms with Crippen LogP contribution in [0.25, 0.3) is 0 Å². The quantitative estimate of drug-likeness (QED) is 0.490. The molecule has 0 saturated carbocycles. The molecular formula is C22H25N3O6S. The summed E-state index contributed by atoms with van der Waals surface area (Å²) in [4.78, 5) is 12.3. The number of benzene rings is 2. The van der Waals surface area contributed by atoms with E-state index in [0.29, 0.717) is 18.8 Å². The van der Waals surface area contributed by atoms with Crippen LogP contribution >= 0.6 is 0 Å². The van der Waals surface area contributed by atoms with E-state index in [1.807, 2.05) is 6.92 Å². The lowest BCUT2D eigenvalue weighted by molar-refractivity contribution is -0.118. The van der Waals surface area contributed by atoms with E-state index in [2.05, 4.69) is 15.5 Å². The van der Waals surface area contributed by atoms with Crippen molar-refractivity contribution in [1.82, 2.24) is 10.2 Å². The lowest BCUT2D eigenvalue weighted by atomic mass is 10.1. The first-order valence-corrected chi connectivity index (χ1v) is 11.6. The maximum atomic E-state index is 12.2. The number of ether oxygens (including phenoxy) is 2. The average Bonchev–Trinajstić information content (AvgIpc) is 3.20. The molecule has 3 aromatic rings. The van der Waals surface area contributed by atoms with Crippen molar-refractivity contribution in [1.29, 1.82) is 0 Å². The van der Waals surface area contributed by atoms with Gasteiger partial charge in [-0.05, 0) is 62.7 Å². The second kappa shape index (κ2) is 10.3. The SMILES string of the molecule is CCOc1ccc(OCC(=O)Nc2nnc(Cc3ccc(S(=O)(=O)C(C)C)cc3)o2)cc1. The number of carbonyl (C=O) groups excluding carboxylic acids is 1. The zero-order chi connectivity index (χ0) is 23.1. The van der Waals surface area contributed by atoms with Crippen LogP contribution < -0.4 is 14.8 Å². The van der Waals surface area contributed by atoms with Crippen LogP contribution in [0.5, 0.6) is 11.5 Å². The summed E-state index contributed by atoms with van der Waals surface area (Å²) in [5.41, 5.74) is 0.799. The summed E-state index contributed by atoms with van der Waals surface area (Å²) in [7, 11) is -3.32. The van der Waals surface area contributed by atoms with Crippen molar-refractivity contribution < 1.29 is 27.1 Å². The highest BCUT2D eigenvalue weighted by atomic mass is 32.2. The van der Waals surface area contributed by atoms with Crippen molar-refractivity contribution in [3.8, 4) is 11.5 Å². The summed E-state index contributed by atoms with van der Waals surface area (Å²) < 4.78 is 40.6. The van der Waals surface area contributed by atoms with E-state index in [0.717, 1.165) is 11.3 Å². The van der Waals surface area contributed by atoms with Gasteiger partial charge in [0.2, 0.25) is 5.89 Å². The topological polar surface area (TPSA) is 121 Å². The number of sulfone groups is 1. The van der Waals surface area contributed by atoms with Gasteiger partial charge in [-0.1, -0.05) is 17.2 Å². The van der Waals surface area contributed by atoms with Gasteiger partial charge < -0.3 is 13.9 Å². The maximum Gasteiger partial charge on any atom is 0.322 e. The molecule has 0 bridgehead atoms. The minimum absolute atomic E-state index is 0.0423. The summed E-state index contributed by atoms with van der Waals surface area (Å²) in [6.45, 7) is 5.52. The van der Waals surface area contributed by atoms with Crippen LogP contribution in [0, 0.1) is 0 Å². The second-order valence-corrected chi connectivity index (χ2v) is 9.66. The van der Waals surface area contributed by atoms with E-state index in [4.69, 9.17) is 13.9 Å². The Kier molecular flexibility index (Phi) is 7.47. The molecule has 0 radical (unpaired) electrons. The lowest BCUT2D eigenvalue weighted by Gasteiger charge is -2.08. The van der Waals surface area contributed by atoms with Crippen molar-refractivity contribution in [2.45, 2.75) is 37.3 Å². The first-order chi connectivity index (χ1) is 15.3. The van der Waals surface area contributed by atoms with E-state index in [9.17, 15) is 13.2 Å². The van der Waals surface area contributed by atoms with E-state index >= 15 is 0 Å². The van der Waals surface area contributed by atoms with Gasteiger partial charge in [0.25, 0.3) is 5.91 Å². The van der Waals surface area contributed by atoms with Crippen LogP contribution in [-0.4, -0.2) is 43.0 Å². The molecule has 10 heteroatoms. The molecule has 1 amide bonds. The molecule has 170 valence electrons. The molecule has 0 aliphatic carbocycles. The Morgan fingerprint density at radius 2 is 1.62 bits per heavy atom. The highest BCUT2D eigenvalue weighted by Crippen LogP contribution is 2.19. The molecule has 3 rings (SSSR count). The van der Waals surface area contributed by atoms with Gasteiger partial charge in [0, 0.05) is 0 Å². The molecule has 0 aliphatic rings. The Morgan fingerprint density at radius 3 is 2.22 bits per heavy atom. The fourth-order valence-corrected chi connectivity index (χ4v) is 3.78. The van der Waals surface area contributed by atoms with Gasteiger partial charge in [0.1, 0.15) is 11.5 Å². The molecule has 0 fully saturated rings. The second-order valence-electron chi connectivity index (χ2n) is 7.16. The summed E-state index contributed by atoms with van der Waals surface area (Å²) in [6, 6.07) is 13.4. The Bertz CT molecular complexity index is 1140. The molecule has 1 N–H and O–H groups in total. The molecule has 0 spiro atoms. The fourth-order valence-electron chi connectivity index (χ4n) is 2.72. The van der Waals surface area contributed by atoms with Crippen LogP contribution in [0.1, 0.15) is 32.2 Å². The van der Waals surface area contributed by atoms with Crippen LogP contribution in [0.4, 0.5) is 6.01 Å². The Hall–Kier alpha value is -3.40. The Morgan fingerprint density at radius 1 is 1.00 bits per heavy atom. The van der Waals surface area contributed by atoms with E-state index in [1.165, 1.54) is 0 Å². The number of amides is 1. The number of hydrogen-bond donors (Lipinski definition) is 1. The molecule has 0 atom stereocenters. The van der Waals surface area contributed by atoms with Gasteiger partial charge in [0.05, 0.1) is 23.2 Å². The van der Waals surface area contributed by atoms with Crippen molar-refractivity contribution in [3.05, 3.63) is 60.0 Å². The lowest BCUT2D eigenvalue weighted by Crippen LogP contribution is -2.20. The van der Waals surface area contributed by atoms with Crippen molar-refractivity contribution in [3.63, 3.8) is 0 Å². The fraction of sp³-hybridized carbons (Fsp3) is 0.318. The number of aromatic nitrogens is 2. The van der Waals surface area contributed by atoms with Gasteiger partial charge in [-0.3, -0.25) is 10.1 Å². The highest BCUT2D eigenvalue weighted by molar-refractivity contribution is 7.92. The van der Waals surface area contributed by atoms with Crippen LogP contribution in [-0.2, 0) is 21.1 Å². The zero-order valence-corrected chi connectivity index (χ0v) is 18.9. The van der Waals surface area contributed by atoms with Crippen LogP contribution in [0.3, 0.4) is 0 Å². The van der Waals surface area contributed by atoms with Gasteiger partial charge in [-0.25, -0.2) is 8.42 Å². The predicted octanol–water partition coefficient (Wildman–Crippen LogP) is 3.26. The predicted molar refractivity (Wildman–Crippen MR) is 118 cm³/mol. The Labute approximate surface area is 186 Å². The standard InChI is InChI=1S/C22H25N3O6S/c1-4-29-17-7-9-18(10-8-17)30-14-20(26)23-22-25-24-21(31-22)13-16-5-11-19(12-6-16)32(27,28)15(2)3/h5-12,15H,4,13-14H2,1-3H3,(H,23,25,26). The molecule has 1 heterocycles. The number of anilines is 1. The zero-order valence-electron chi connectivity index (χ0n) is 18.1. The number of carbonyl (C=O) groups is 1. The minimum Gasteiger partial charge on any atom is -0.494 e. The average molecular weight is 460 g/mol. The van der Waals surface area contributed by atoms with Gasteiger partial charge in [-0.15, -0.1) is 5.10 Å². The summed E-state index contributed by atoms with van der Waals surface area (Å²) in [5.74, 6) is 1.08. The first-order valence-electron chi connectivity index (χ1n) is 10.1. The number of nitrogens with zero attached hydrogens (tertiary/aromatic N) is 2. The van der Waals surface area contributed by atoms with Gasteiger partial charge in [-0.2, -0.15) is 0 Å². The minimum atomic E-state index is -3.32. The number of nitrogens with one attached hydrogen (secondary N) is 1. The molecule has 1 aromatic heterocycles. The van der Waals surface area contributed by atoms with Gasteiger partial charge >= 0.3 is 6.01 Å². The monoisotopic (exact) mass is 459 g/mol. The summed E-state index contributed by atoms with van der Waals surface area (Å²) in [6.07, 6.45) is 0.299. The molecule has 0 unspecified atom stereocenters. The van der Waals surface area contributed by atoms with Crippen molar-refractivity contribution >= 4 is 21.8 Å². The molecule has 32 heavy (non-hydrogen) atoms. The normalized spacial score (nSPS) is 11.4. The van der Waals surface area contributed by atoms with Gasteiger partial charge in [0.15, 0.2) is 16.4 Å². The maximum absolute atomic E-state index is 12.2. The number of rotatable bonds is 10. The summed E-state index contributed by atoms with van der Waals surface area (Å²) >= 11 is 0. The molecular weight excluding hydrogens is 434 g/mol. The first kappa shape index (κ1) is 23.3. The summed E-state index contributed by atoms with van der Waals surface area (Å²) in [5, 5.41) is 9.70. The Balaban J connectivity index is 1.51. The van der Waals surface area contributed by atoms with E-state index < -0.39 is 21.0 Å². The highest BCUT2D eigenvalue weighted by Gasteiger charge is 2.19. The van der Waals surface area contributed by atoms with E-state index in [-0.39, 0.29) is 23.4 Å². The third kappa shape index (κ3) is 6.07. The molecule has 0 saturated heterocycles. The van der Waals surface area contributed by atoms with Crippen molar-refractivity contribution in [2.24, 2.45) is 0 Å². The molecule has 2 aromatic carbocycles. The van der Waals surface area contributed by atoms with Crippen LogP contribution in [0.15, 0.2) is 57.8 Å². The third-order valence-corrected chi connectivity index (χ3v) is 6.62. The molecule has 0 aliphatic heterocycles. The van der Waals surface area contributed by atoms with Crippen molar-refractivity contribution in [2.75, 3.05) is 18.5 Å². The smallest absolute Gasteiger partial charge is 0.322 e. The van der Waals surface area contributed by atoms with Crippen LogP contribution in [0.2, 0.25) is 0 Å². The van der Waals surface area contributed by atoms with E-state index in [1.54, 1.807) is 62.4 Å².